The lowest BCUT2D eigenvalue weighted by molar-refractivity contribution is -0.143. The van der Waals surface area contributed by atoms with Crippen molar-refractivity contribution in [3.63, 3.8) is 0 Å². The molecule has 5 nitrogen and oxygen atoms in total. The molecule has 1 aliphatic rings. The van der Waals surface area contributed by atoms with Crippen molar-refractivity contribution in [2.45, 2.75) is 13.0 Å². The molecule has 1 aliphatic heterocycles. The van der Waals surface area contributed by atoms with Crippen molar-refractivity contribution in [3.8, 4) is 0 Å². The molecule has 2 rings (SSSR count). The molecule has 0 fully saturated rings. The van der Waals surface area contributed by atoms with Crippen LogP contribution in [0.15, 0.2) is 35.7 Å². The van der Waals surface area contributed by atoms with Gasteiger partial charge in [0.05, 0.1) is 7.11 Å². The first kappa shape index (κ1) is 14.0. The van der Waals surface area contributed by atoms with E-state index >= 15 is 0 Å². The molecule has 0 aliphatic carbocycles. The Morgan fingerprint density at radius 2 is 2.05 bits per heavy atom. The monoisotopic (exact) mass is 278 g/mol. The third kappa shape index (κ3) is 2.24. The summed E-state index contributed by atoms with van der Waals surface area (Å²) in [6.45, 7) is 1.64. The van der Waals surface area contributed by atoms with Gasteiger partial charge in [0.2, 0.25) is 0 Å². The standard InChI is InChI=1S/C14H15FN2O3/c1-8-12(14(19)20-3)17(2)13(18)11(16-8)9-6-4-5-7-10(9)15/h4-7,11,16H,1-3H3. The second kappa shape index (κ2) is 5.32. The predicted octanol–water partition coefficient (Wildman–Crippen LogP) is 1.33. The van der Waals surface area contributed by atoms with E-state index in [1.807, 2.05) is 0 Å². The lowest BCUT2D eigenvalue weighted by Gasteiger charge is -2.33. The molecule has 1 unspecified atom stereocenters. The summed E-state index contributed by atoms with van der Waals surface area (Å²) >= 11 is 0. The fourth-order valence-corrected chi connectivity index (χ4v) is 2.21. The Morgan fingerprint density at radius 3 is 2.65 bits per heavy atom. The van der Waals surface area contributed by atoms with E-state index in [0.29, 0.717) is 5.70 Å². The zero-order chi connectivity index (χ0) is 14.9. The summed E-state index contributed by atoms with van der Waals surface area (Å²) < 4.78 is 18.4. The van der Waals surface area contributed by atoms with Gasteiger partial charge in [0.15, 0.2) is 0 Å². The quantitative estimate of drug-likeness (QED) is 0.829. The average molecular weight is 278 g/mol. The highest BCUT2D eigenvalue weighted by molar-refractivity contribution is 5.97. The summed E-state index contributed by atoms with van der Waals surface area (Å²) in [5, 5.41) is 2.87. The second-order valence-electron chi connectivity index (χ2n) is 4.46. The molecule has 1 heterocycles. The summed E-state index contributed by atoms with van der Waals surface area (Å²) in [6.07, 6.45) is 0. The fourth-order valence-electron chi connectivity index (χ4n) is 2.21. The van der Waals surface area contributed by atoms with Gasteiger partial charge in [-0.25, -0.2) is 9.18 Å². The van der Waals surface area contributed by atoms with Crippen molar-refractivity contribution >= 4 is 11.9 Å². The number of hydrogen-bond acceptors (Lipinski definition) is 4. The number of hydrogen-bond donors (Lipinski definition) is 1. The smallest absolute Gasteiger partial charge is 0.356 e. The molecule has 1 aromatic carbocycles. The third-order valence-electron chi connectivity index (χ3n) is 3.22. The van der Waals surface area contributed by atoms with Crippen LogP contribution in [-0.4, -0.2) is 30.9 Å². The number of esters is 1. The number of likely N-dealkylation sites (N-methyl/N-ethyl adjacent to an activating group) is 1. The van der Waals surface area contributed by atoms with Crippen molar-refractivity contribution in [2.24, 2.45) is 0 Å². The van der Waals surface area contributed by atoms with Crippen molar-refractivity contribution in [2.75, 3.05) is 14.2 Å². The van der Waals surface area contributed by atoms with Crippen LogP contribution in [0.1, 0.15) is 18.5 Å². The normalized spacial score (nSPS) is 18.9. The van der Waals surface area contributed by atoms with E-state index in [1.54, 1.807) is 19.1 Å². The van der Waals surface area contributed by atoms with Crippen LogP contribution in [0.4, 0.5) is 4.39 Å². The highest BCUT2D eigenvalue weighted by atomic mass is 19.1. The van der Waals surface area contributed by atoms with Crippen LogP contribution in [0, 0.1) is 5.82 Å². The number of allylic oxidation sites excluding steroid dienone is 1. The first-order valence-electron chi connectivity index (χ1n) is 6.05. The van der Waals surface area contributed by atoms with Crippen molar-refractivity contribution in [3.05, 3.63) is 47.0 Å². The zero-order valence-electron chi connectivity index (χ0n) is 11.4. The number of benzene rings is 1. The van der Waals surface area contributed by atoms with E-state index in [4.69, 9.17) is 0 Å². The van der Waals surface area contributed by atoms with Crippen molar-refractivity contribution in [1.29, 1.82) is 0 Å². The molecule has 1 aromatic rings. The van der Waals surface area contributed by atoms with Crippen LogP contribution in [0.2, 0.25) is 0 Å². The average Bonchev–Trinajstić information content (AvgIpc) is 2.43. The summed E-state index contributed by atoms with van der Waals surface area (Å²) in [7, 11) is 2.71. The topological polar surface area (TPSA) is 58.6 Å². The van der Waals surface area contributed by atoms with Gasteiger partial charge in [-0.15, -0.1) is 0 Å². The number of ether oxygens (including phenoxy) is 1. The molecule has 0 radical (unpaired) electrons. The first-order valence-corrected chi connectivity index (χ1v) is 6.05. The largest absolute Gasteiger partial charge is 0.464 e. The Bertz CT molecular complexity index is 598. The molecule has 106 valence electrons. The maximum Gasteiger partial charge on any atom is 0.356 e. The zero-order valence-corrected chi connectivity index (χ0v) is 11.4. The van der Waals surface area contributed by atoms with Gasteiger partial charge in [0.25, 0.3) is 5.91 Å². The molecule has 6 heteroatoms. The molecule has 1 N–H and O–H groups in total. The van der Waals surface area contributed by atoms with Crippen LogP contribution in [0.3, 0.4) is 0 Å². The van der Waals surface area contributed by atoms with Crippen LogP contribution in [-0.2, 0) is 14.3 Å². The summed E-state index contributed by atoms with van der Waals surface area (Å²) in [5.41, 5.74) is 0.838. The number of halogens is 1. The van der Waals surface area contributed by atoms with E-state index in [-0.39, 0.29) is 11.3 Å². The van der Waals surface area contributed by atoms with Gasteiger partial charge in [0.1, 0.15) is 17.6 Å². The number of carbonyl (C=O) groups excluding carboxylic acids is 2. The number of nitrogens with one attached hydrogen (secondary N) is 1. The summed E-state index contributed by atoms with van der Waals surface area (Å²) in [5.74, 6) is -1.50. The molecule has 20 heavy (non-hydrogen) atoms. The maximum absolute atomic E-state index is 13.8. The second-order valence-corrected chi connectivity index (χ2v) is 4.46. The highest BCUT2D eigenvalue weighted by Gasteiger charge is 2.36. The maximum atomic E-state index is 13.8. The Kier molecular flexibility index (Phi) is 3.74. The lowest BCUT2D eigenvalue weighted by atomic mass is 10.0. The van der Waals surface area contributed by atoms with Gasteiger partial charge in [-0.2, -0.15) is 0 Å². The Morgan fingerprint density at radius 1 is 1.40 bits per heavy atom. The van der Waals surface area contributed by atoms with E-state index in [9.17, 15) is 14.0 Å². The molecule has 1 atom stereocenters. The number of rotatable bonds is 2. The minimum atomic E-state index is -0.852. The van der Waals surface area contributed by atoms with E-state index in [1.165, 1.54) is 31.2 Å². The van der Waals surface area contributed by atoms with E-state index in [0.717, 1.165) is 0 Å². The van der Waals surface area contributed by atoms with E-state index < -0.39 is 23.7 Å². The number of carbonyl (C=O) groups is 2. The fraction of sp³-hybridized carbons (Fsp3) is 0.286. The van der Waals surface area contributed by atoms with Gasteiger partial charge in [-0.3, -0.25) is 4.79 Å². The van der Waals surface area contributed by atoms with Crippen LogP contribution < -0.4 is 5.32 Å². The van der Waals surface area contributed by atoms with Crippen LogP contribution in [0.25, 0.3) is 0 Å². The third-order valence-corrected chi connectivity index (χ3v) is 3.22. The van der Waals surface area contributed by atoms with Crippen LogP contribution in [0.5, 0.6) is 0 Å². The molecule has 0 spiro atoms. The van der Waals surface area contributed by atoms with Crippen molar-refractivity contribution < 1.29 is 18.7 Å². The summed E-state index contributed by atoms with van der Waals surface area (Å²) in [4.78, 5) is 25.2. The number of methoxy groups -OCH3 is 1. The summed E-state index contributed by atoms with van der Waals surface area (Å²) in [6, 6.07) is 5.18. The minimum Gasteiger partial charge on any atom is -0.464 e. The molecule has 0 saturated carbocycles. The van der Waals surface area contributed by atoms with Gasteiger partial charge >= 0.3 is 5.97 Å². The van der Waals surface area contributed by atoms with Gasteiger partial charge in [-0.05, 0) is 13.0 Å². The Balaban J connectivity index is 2.43. The predicted molar refractivity (Wildman–Crippen MR) is 69.8 cm³/mol. The van der Waals surface area contributed by atoms with E-state index in [2.05, 4.69) is 10.1 Å². The van der Waals surface area contributed by atoms with Gasteiger partial charge in [-0.1, -0.05) is 18.2 Å². The molecular weight excluding hydrogens is 263 g/mol. The minimum absolute atomic E-state index is 0.130. The SMILES string of the molecule is COC(=O)C1=C(C)NC(c2ccccc2F)C(=O)N1C. The molecule has 0 aromatic heterocycles. The van der Waals surface area contributed by atoms with Gasteiger partial charge < -0.3 is 15.0 Å². The highest BCUT2D eigenvalue weighted by Crippen LogP contribution is 2.27. The molecule has 0 bridgehead atoms. The molecule has 1 amide bonds. The van der Waals surface area contributed by atoms with Crippen molar-refractivity contribution in [1.82, 2.24) is 10.2 Å². The first-order chi connectivity index (χ1) is 9.47. The molecule has 0 saturated heterocycles. The van der Waals surface area contributed by atoms with Crippen LogP contribution >= 0.6 is 0 Å². The Labute approximate surface area is 116 Å². The van der Waals surface area contributed by atoms with Gasteiger partial charge in [0, 0.05) is 18.3 Å². The number of amides is 1. The lowest BCUT2D eigenvalue weighted by Crippen LogP contribution is -2.46. The number of nitrogens with zero attached hydrogens (tertiary/aromatic N) is 1. The molecular formula is C14H15FN2O3. The Hall–Kier alpha value is -2.37.